The molecule has 0 aromatic heterocycles. The van der Waals surface area contributed by atoms with Crippen LogP contribution in [0.5, 0.6) is 0 Å². The number of nitrogens with two attached hydrogens (primary N) is 1. The lowest BCUT2D eigenvalue weighted by Gasteiger charge is -2.27. The highest BCUT2D eigenvalue weighted by Gasteiger charge is 2.37. The number of para-hydroxylation sites is 1. The Balaban J connectivity index is 2.05. The molecule has 3 atom stereocenters. The first kappa shape index (κ1) is 29.9. The number of benzene rings is 2. The molecule has 1 aliphatic rings. The first-order chi connectivity index (χ1) is 18.3. The molecule has 0 fully saturated rings. The minimum atomic E-state index is -4.51. The highest BCUT2D eigenvalue weighted by molar-refractivity contribution is 6.20. The topological polar surface area (TPSA) is 105 Å². The van der Waals surface area contributed by atoms with Gasteiger partial charge in [0.15, 0.2) is 0 Å². The quantitative estimate of drug-likeness (QED) is 0.444. The molecule has 2 aromatic carbocycles. The number of nitrogens with zero attached hydrogens (tertiary/aromatic N) is 2. The van der Waals surface area contributed by atoms with Crippen LogP contribution in [-0.2, 0) is 20.6 Å². The lowest BCUT2D eigenvalue weighted by Crippen LogP contribution is -2.50. The van der Waals surface area contributed by atoms with Crippen LogP contribution >= 0.6 is 0 Å². The van der Waals surface area contributed by atoms with Gasteiger partial charge in [0, 0.05) is 30.0 Å². The Labute approximate surface area is 226 Å². The van der Waals surface area contributed by atoms with Gasteiger partial charge in [-0.3, -0.25) is 14.4 Å². The van der Waals surface area contributed by atoms with Gasteiger partial charge in [0.05, 0.1) is 17.0 Å². The highest BCUT2D eigenvalue weighted by Crippen LogP contribution is 2.32. The van der Waals surface area contributed by atoms with Crippen molar-refractivity contribution in [1.82, 2.24) is 5.32 Å². The summed E-state index contributed by atoms with van der Waals surface area (Å²) in [5, 5.41) is 2.72. The number of carbonyl (C=O) groups excluding carboxylic acids is 3. The molecular weight excluding hydrogens is 509 g/mol. The lowest BCUT2D eigenvalue weighted by atomic mass is 9.81. The smallest absolute Gasteiger partial charge is 0.369 e. The van der Waals surface area contributed by atoms with Gasteiger partial charge in [-0.2, -0.15) is 13.2 Å². The SMILES string of the molecule is CCCC[C@H](C(N)=O)[C@@H](CC(C)C)C(=O)N[C@H]1N=C(c2ccc(C(F)(F)F)cc2)c2ccccc2N(C)C1=O. The fourth-order valence-electron chi connectivity index (χ4n) is 4.83. The van der Waals surface area contributed by atoms with E-state index in [1.54, 1.807) is 31.3 Å². The zero-order valence-electron chi connectivity index (χ0n) is 22.6. The van der Waals surface area contributed by atoms with Crippen LogP contribution in [0.4, 0.5) is 18.9 Å². The van der Waals surface area contributed by atoms with Crippen LogP contribution in [0.1, 0.15) is 63.1 Å². The number of benzodiazepines with no additional fused rings is 1. The maximum Gasteiger partial charge on any atom is 0.416 e. The van der Waals surface area contributed by atoms with Crippen LogP contribution in [0.3, 0.4) is 0 Å². The molecule has 0 saturated carbocycles. The van der Waals surface area contributed by atoms with Crippen molar-refractivity contribution in [3.63, 3.8) is 0 Å². The first-order valence-electron chi connectivity index (χ1n) is 13.1. The number of hydrogen-bond acceptors (Lipinski definition) is 4. The van der Waals surface area contributed by atoms with E-state index in [1.165, 1.54) is 17.0 Å². The van der Waals surface area contributed by atoms with Crippen molar-refractivity contribution in [2.75, 3.05) is 11.9 Å². The molecule has 0 spiro atoms. The van der Waals surface area contributed by atoms with E-state index < -0.39 is 47.5 Å². The number of hydrogen-bond donors (Lipinski definition) is 2. The van der Waals surface area contributed by atoms with E-state index in [1.807, 2.05) is 20.8 Å². The molecular formula is C29H35F3N4O3. The summed E-state index contributed by atoms with van der Waals surface area (Å²) in [6.07, 6.45) is -3.50. The third kappa shape index (κ3) is 7.04. The number of amides is 3. The van der Waals surface area contributed by atoms with E-state index >= 15 is 0 Å². The van der Waals surface area contributed by atoms with Crippen molar-refractivity contribution in [3.05, 3.63) is 65.2 Å². The Morgan fingerprint density at radius 1 is 1.08 bits per heavy atom. The molecule has 39 heavy (non-hydrogen) atoms. The molecule has 1 heterocycles. The van der Waals surface area contributed by atoms with Gasteiger partial charge < -0.3 is 16.0 Å². The van der Waals surface area contributed by atoms with E-state index in [9.17, 15) is 27.6 Å². The molecule has 3 amide bonds. The standard InChI is InChI=1S/C29H35F3N4O3/c1-5-6-9-20(25(33)37)22(16-17(2)3)27(38)35-26-28(39)36(4)23-11-8-7-10-21(23)24(34-26)18-12-14-19(15-13-18)29(30,31)32/h7-8,10-15,17,20,22,26H,5-6,9,16H2,1-4H3,(H2,33,37)(H,35,38)/t20-,22+,26+/m0/s1. The van der Waals surface area contributed by atoms with Crippen LogP contribution < -0.4 is 16.0 Å². The van der Waals surface area contributed by atoms with Crippen LogP contribution in [0.25, 0.3) is 0 Å². The second-order valence-corrected chi connectivity index (χ2v) is 10.3. The number of fused-ring (bicyclic) bond motifs is 1. The monoisotopic (exact) mass is 544 g/mol. The fourth-order valence-corrected chi connectivity index (χ4v) is 4.83. The van der Waals surface area contributed by atoms with Gasteiger partial charge >= 0.3 is 6.18 Å². The van der Waals surface area contributed by atoms with Gasteiger partial charge in [-0.25, -0.2) is 4.99 Å². The van der Waals surface area contributed by atoms with Crippen molar-refractivity contribution in [1.29, 1.82) is 0 Å². The van der Waals surface area contributed by atoms with Gasteiger partial charge in [-0.1, -0.05) is 63.9 Å². The van der Waals surface area contributed by atoms with Gasteiger partial charge in [-0.15, -0.1) is 0 Å². The zero-order chi connectivity index (χ0) is 28.9. The Morgan fingerprint density at radius 2 is 1.72 bits per heavy atom. The van der Waals surface area contributed by atoms with Gasteiger partial charge in [0.2, 0.25) is 18.0 Å². The van der Waals surface area contributed by atoms with E-state index in [0.29, 0.717) is 36.1 Å². The largest absolute Gasteiger partial charge is 0.416 e. The predicted octanol–water partition coefficient (Wildman–Crippen LogP) is 4.92. The normalized spacial score (nSPS) is 17.2. The minimum absolute atomic E-state index is 0.0761. The molecule has 0 aliphatic carbocycles. The summed E-state index contributed by atoms with van der Waals surface area (Å²) >= 11 is 0. The Hall–Kier alpha value is -3.69. The summed E-state index contributed by atoms with van der Waals surface area (Å²) < 4.78 is 39.5. The summed E-state index contributed by atoms with van der Waals surface area (Å²) in [5.74, 6) is -3.01. The second kappa shape index (κ2) is 12.4. The average Bonchev–Trinajstić information content (AvgIpc) is 2.98. The Bertz CT molecular complexity index is 1230. The number of halogens is 3. The molecule has 2 aromatic rings. The van der Waals surface area contributed by atoms with Gasteiger partial charge in [0.1, 0.15) is 0 Å². The number of likely N-dealkylation sites (N-methyl/N-ethyl adjacent to an activating group) is 1. The molecule has 0 saturated heterocycles. The first-order valence-corrected chi connectivity index (χ1v) is 13.1. The number of unbranched alkanes of at least 4 members (excludes halogenated alkanes) is 1. The third-order valence-corrected chi connectivity index (χ3v) is 6.89. The van der Waals surface area contributed by atoms with Crippen molar-refractivity contribution < 1.29 is 27.6 Å². The average molecular weight is 545 g/mol. The van der Waals surface area contributed by atoms with E-state index in [4.69, 9.17) is 5.73 Å². The van der Waals surface area contributed by atoms with Crippen LogP contribution in [0, 0.1) is 17.8 Å². The summed E-state index contributed by atoms with van der Waals surface area (Å²) in [7, 11) is 1.55. The molecule has 210 valence electrons. The number of aliphatic imine (C=N–C) groups is 1. The molecule has 0 unspecified atom stereocenters. The second-order valence-electron chi connectivity index (χ2n) is 10.3. The molecule has 7 nitrogen and oxygen atoms in total. The third-order valence-electron chi connectivity index (χ3n) is 6.89. The number of alkyl halides is 3. The van der Waals surface area contributed by atoms with Crippen LogP contribution in [0.2, 0.25) is 0 Å². The summed E-state index contributed by atoms with van der Waals surface area (Å²) in [6.45, 7) is 5.84. The van der Waals surface area contributed by atoms with Gasteiger partial charge in [-0.05, 0) is 37.0 Å². The maximum absolute atomic E-state index is 13.6. The molecule has 1 aliphatic heterocycles. The van der Waals surface area contributed by atoms with E-state index in [-0.39, 0.29) is 11.6 Å². The minimum Gasteiger partial charge on any atom is -0.369 e. The maximum atomic E-state index is 13.6. The molecule has 0 radical (unpaired) electrons. The van der Waals surface area contributed by atoms with Gasteiger partial charge in [0.25, 0.3) is 5.91 Å². The van der Waals surface area contributed by atoms with Crippen molar-refractivity contribution in [3.8, 4) is 0 Å². The summed E-state index contributed by atoms with van der Waals surface area (Å²) in [6, 6.07) is 11.4. The zero-order valence-corrected chi connectivity index (χ0v) is 22.6. The molecule has 10 heteroatoms. The predicted molar refractivity (Wildman–Crippen MR) is 144 cm³/mol. The van der Waals surface area contributed by atoms with Crippen LogP contribution in [0.15, 0.2) is 53.5 Å². The fraction of sp³-hybridized carbons (Fsp3) is 0.448. The van der Waals surface area contributed by atoms with Crippen molar-refractivity contribution >= 4 is 29.1 Å². The highest BCUT2D eigenvalue weighted by atomic mass is 19.4. The number of nitrogens with one attached hydrogen (secondary N) is 1. The number of primary amides is 1. The summed E-state index contributed by atoms with van der Waals surface area (Å²) in [5.41, 5.74) is 6.53. The lowest BCUT2D eigenvalue weighted by molar-refractivity contribution is -0.137. The van der Waals surface area contributed by atoms with Crippen molar-refractivity contribution in [2.24, 2.45) is 28.5 Å². The Kier molecular flexibility index (Phi) is 9.53. The number of anilines is 1. The molecule has 3 N–H and O–H groups in total. The van der Waals surface area contributed by atoms with E-state index in [0.717, 1.165) is 18.6 Å². The number of rotatable bonds is 10. The molecule has 3 rings (SSSR count). The Morgan fingerprint density at radius 3 is 2.28 bits per heavy atom. The van der Waals surface area contributed by atoms with E-state index in [2.05, 4.69) is 10.3 Å². The number of carbonyl (C=O) groups is 3. The van der Waals surface area contributed by atoms with Crippen LogP contribution in [-0.4, -0.2) is 36.6 Å². The molecule has 0 bridgehead atoms. The van der Waals surface area contributed by atoms with Crippen molar-refractivity contribution in [2.45, 2.75) is 58.8 Å². The summed E-state index contributed by atoms with van der Waals surface area (Å²) in [4.78, 5) is 45.4.